The number of carbonyl (C=O) groups is 1. The van der Waals surface area contributed by atoms with Crippen molar-refractivity contribution in [1.29, 1.82) is 0 Å². The van der Waals surface area contributed by atoms with Crippen molar-refractivity contribution in [2.24, 2.45) is 0 Å². The minimum absolute atomic E-state index is 0.0944. The fourth-order valence-electron chi connectivity index (χ4n) is 1.52. The normalized spacial score (nSPS) is 10.2. The van der Waals surface area contributed by atoms with Crippen LogP contribution >= 0.6 is 11.3 Å². The maximum atomic E-state index is 11.5. The van der Waals surface area contributed by atoms with E-state index < -0.39 is 0 Å². The number of thiazole rings is 1. The van der Waals surface area contributed by atoms with Crippen LogP contribution in [0.5, 0.6) is 0 Å². The molecule has 1 aromatic heterocycles. The number of nitrogens with one attached hydrogen (secondary N) is 1. The van der Waals surface area contributed by atoms with Crippen molar-refractivity contribution in [3.63, 3.8) is 0 Å². The molecule has 1 heterocycles. The lowest BCUT2D eigenvalue weighted by atomic mass is 10.2. The molecule has 0 saturated carbocycles. The van der Waals surface area contributed by atoms with Gasteiger partial charge in [0.25, 0.3) is 5.91 Å². The Kier molecular flexibility index (Phi) is 3.88. The Morgan fingerprint density at radius 3 is 2.82 bits per heavy atom. The smallest absolute Gasteiger partial charge is 0.270 e. The molecule has 1 N–H and O–H groups in total. The van der Waals surface area contributed by atoms with Gasteiger partial charge in [-0.3, -0.25) is 4.79 Å². The molecule has 3 nitrogen and oxygen atoms in total. The lowest BCUT2D eigenvalue weighted by Gasteiger charge is -1.97. The van der Waals surface area contributed by atoms with E-state index in [9.17, 15) is 4.79 Å². The predicted octanol–water partition coefficient (Wildman–Crippen LogP) is 2.48. The van der Waals surface area contributed by atoms with Gasteiger partial charge in [0.1, 0.15) is 5.69 Å². The molecular weight excluding hydrogens is 232 g/mol. The van der Waals surface area contributed by atoms with E-state index in [1.54, 1.807) is 0 Å². The maximum Gasteiger partial charge on any atom is 0.270 e. The van der Waals surface area contributed by atoms with Crippen molar-refractivity contribution >= 4 is 17.2 Å². The molecule has 0 saturated heterocycles. The van der Waals surface area contributed by atoms with E-state index in [4.69, 9.17) is 0 Å². The quantitative estimate of drug-likeness (QED) is 0.900. The molecule has 4 heteroatoms. The van der Waals surface area contributed by atoms with Crippen LogP contribution in [0.15, 0.2) is 35.7 Å². The van der Waals surface area contributed by atoms with Crippen molar-refractivity contribution in [2.45, 2.75) is 13.3 Å². The molecule has 0 radical (unpaired) electrons. The van der Waals surface area contributed by atoms with Crippen LogP contribution in [0.3, 0.4) is 0 Å². The number of carbonyl (C=O) groups excluding carboxylic acids is 1. The summed E-state index contributed by atoms with van der Waals surface area (Å²) in [6.45, 7) is 2.53. The number of benzene rings is 1. The molecule has 0 atom stereocenters. The molecule has 0 fully saturated rings. The van der Waals surface area contributed by atoms with Gasteiger partial charge in [0.05, 0.1) is 5.01 Å². The third-order valence-corrected chi connectivity index (χ3v) is 3.17. The molecule has 17 heavy (non-hydrogen) atoms. The van der Waals surface area contributed by atoms with Crippen LogP contribution in [-0.2, 0) is 6.42 Å². The average Bonchev–Trinajstić information content (AvgIpc) is 2.79. The van der Waals surface area contributed by atoms with Gasteiger partial charge in [-0.15, -0.1) is 11.3 Å². The van der Waals surface area contributed by atoms with Gasteiger partial charge >= 0.3 is 0 Å². The third kappa shape index (κ3) is 3.14. The Morgan fingerprint density at radius 1 is 1.35 bits per heavy atom. The van der Waals surface area contributed by atoms with Gasteiger partial charge in [0, 0.05) is 18.3 Å². The van der Waals surface area contributed by atoms with Crippen molar-refractivity contribution in [2.75, 3.05) is 6.54 Å². The first kappa shape index (κ1) is 11.8. The maximum absolute atomic E-state index is 11.5. The lowest BCUT2D eigenvalue weighted by molar-refractivity contribution is 0.0951. The third-order valence-electron chi connectivity index (χ3n) is 2.32. The molecule has 2 rings (SSSR count). The number of aromatic nitrogens is 1. The number of hydrogen-bond acceptors (Lipinski definition) is 3. The molecule has 0 aliphatic carbocycles. The van der Waals surface area contributed by atoms with E-state index in [2.05, 4.69) is 22.4 Å². The number of rotatable bonds is 4. The zero-order valence-electron chi connectivity index (χ0n) is 9.64. The zero-order chi connectivity index (χ0) is 12.1. The van der Waals surface area contributed by atoms with Crippen LogP contribution in [0, 0.1) is 0 Å². The first-order chi connectivity index (χ1) is 8.29. The summed E-state index contributed by atoms with van der Waals surface area (Å²) in [5.74, 6) is -0.0944. The first-order valence-electron chi connectivity index (χ1n) is 5.56. The second kappa shape index (κ2) is 5.59. The topological polar surface area (TPSA) is 42.0 Å². The van der Waals surface area contributed by atoms with Gasteiger partial charge in [0.15, 0.2) is 0 Å². The number of hydrogen-bond donors (Lipinski definition) is 1. The van der Waals surface area contributed by atoms with Gasteiger partial charge in [0.2, 0.25) is 0 Å². The van der Waals surface area contributed by atoms with Crippen LogP contribution in [0.25, 0.3) is 0 Å². The van der Waals surface area contributed by atoms with E-state index in [-0.39, 0.29) is 5.91 Å². The van der Waals surface area contributed by atoms with Gasteiger partial charge in [-0.25, -0.2) is 4.98 Å². The summed E-state index contributed by atoms with van der Waals surface area (Å²) >= 11 is 1.53. The van der Waals surface area contributed by atoms with Gasteiger partial charge in [-0.05, 0) is 12.5 Å². The highest BCUT2D eigenvalue weighted by molar-refractivity contribution is 7.09. The van der Waals surface area contributed by atoms with E-state index in [0.717, 1.165) is 11.4 Å². The second-order valence-electron chi connectivity index (χ2n) is 3.65. The summed E-state index contributed by atoms with van der Waals surface area (Å²) in [6.07, 6.45) is 0.783. The fourth-order valence-corrected chi connectivity index (χ4v) is 2.33. The van der Waals surface area contributed by atoms with E-state index in [0.29, 0.717) is 12.2 Å². The SMILES string of the molecule is CCNC(=O)c1csc(Cc2ccccc2)n1. The molecule has 0 bridgehead atoms. The second-order valence-corrected chi connectivity index (χ2v) is 4.59. The molecule has 88 valence electrons. The summed E-state index contributed by atoms with van der Waals surface area (Å²) < 4.78 is 0. The Morgan fingerprint density at radius 2 is 2.12 bits per heavy atom. The minimum atomic E-state index is -0.0944. The Labute approximate surface area is 105 Å². The van der Waals surface area contributed by atoms with Crippen molar-refractivity contribution in [1.82, 2.24) is 10.3 Å². The van der Waals surface area contributed by atoms with Crippen molar-refractivity contribution < 1.29 is 4.79 Å². The predicted molar refractivity (Wildman–Crippen MR) is 69.4 cm³/mol. The number of amides is 1. The zero-order valence-corrected chi connectivity index (χ0v) is 10.5. The molecule has 0 aliphatic rings. The summed E-state index contributed by atoms with van der Waals surface area (Å²) in [6, 6.07) is 10.1. The number of nitrogens with zero attached hydrogens (tertiary/aromatic N) is 1. The standard InChI is InChI=1S/C13H14N2OS/c1-2-14-13(16)11-9-17-12(15-11)8-10-6-4-3-5-7-10/h3-7,9H,2,8H2,1H3,(H,14,16). The summed E-state index contributed by atoms with van der Waals surface area (Å²) in [4.78, 5) is 15.9. The van der Waals surface area contributed by atoms with Gasteiger partial charge in [-0.1, -0.05) is 30.3 Å². The van der Waals surface area contributed by atoms with Gasteiger partial charge < -0.3 is 5.32 Å². The average molecular weight is 246 g/mol. The van der Waals surface area contributed by atoms with Crippen LogP contribution < -0.4 is 5.32 Å². The first-order valence-corrected chi connectivity index (χ1v) is 6.44. The van der Waals surface area contributed by atoms with E-state index >= 15 is 0 Å². The highest BCUT2D eigenvalue weighted by Crippen LogP contribution is 2.14. The highest BCUT2D eigenvalue weighted by Gasteiger charge is 2.09. The molecule has 1 amide bonds. The van der Waals surface area contributed by atoms with Crippen molar-refractivity contribution in [3.05, 3.63) is 52.0 Å². The van der Waals surface area contributed by atoms with Gasteiger partial charge in [-0.2, -0.15) is 0 Å². The van der Waals surface area contributed by atoms with E-state index in [1.165, 1.54) is 16.9 Å². The highest BCUT2D eigenvalue weighted by atomic mass is 32.1. The Bertz CT molecular complexity index is 493. The Balaban J connectivity index is 2.06. The van der Waals surface area contributed by atoms with Crippen LogP contribution in [0.4, 0.5) is 0 Å². The molecule has 0 unspecified atom stereocenters. The molecule has 0 aliphatic heterocycles. The summed E-state index contributed by atoms with van der Waals surface area (Å²) in [5, 5.41) is 5.52. The summed E-state index contributed by atoms with van der Waals surface area (Å²) in [7, 11) is 0. The monoisotopic (exact) mass is 246 g/mol. The lowest BCUT2D eigenvalue weighted by Crippen LogP contribution is -2.22. The largest absolute Gasteiger partial charge is 0.351 e. The van der Waals surface area contributed by atoms with E-state index in [1.807, 2.05) is 30.5 Å². The minimum Gasteiger partial charge on any atom is -0.351 e. The van der Waals surface area contributed by atoms with Crippen LogP contribution in [0.1, 0.15) is 28.0 Å². The van der Waals surface area contributed by atoms with Crippen LogP contribution in [0.2, 0.25) is 0 Å². The Hall–Kier alpha value is -1.68. The molecule has 2 aromatic rings. The fraction of sp³-hybridized carbons (Fsp3) is 0.231. The molecule has 0 spiro atoms. The summed E-state index contributed by atoms with van der Waals surface area (Å²) in [5.41, 5.74) is 1.73. The van der Waals surface area contributed by atoms with Crippen molar-refractivity contribution in [3.8, 4) is 0 Å². The molecular formula is C13H14N2OS. The van der Waals surface area contributed by atoms with Crippen LogP contribution in [-0.4, -0.2) is 17.4 Å². The molecule has 1 aromatic carbocycles.